The number of rotatable bonds is 1. The normalized spacial score (nSPS) is 11.8. The molecule has 1 aromatic heterocycles. The van der Waals surface area contributed by atoms with Crippen LogP contribution < -0.4 is 0 Å². The number of nitrogens with zero attached hydrogens (tertiary/aromatic N) is 2. The van der Waals surface area contributed by atoms with Crippen molar-refractivity contribution in [3.63, 3.8) is 0 Å². The van der Waals surface area contributed by atoms with Crippen LogP contribution in [0.15, 0.2) is 24.3 Å². The Hall–Kier alpha value is -1.64. The molecule has 0 atom stereocenters. The number of benzene rings is 1. The van der Waals surface area contributed by atoms with Gasteiger partial charge in [-0.05, 0) is 17.9 Å². The van der Waals surface area contributed by atoms with E-state index in [1.165, 1.54) is 5.56 Å². The molecule has 0 radical (unpaired) electrons. The van der Waals surface area contributed by atoms with Gasteiger partial charge in [0, 0.05) is 5.56 Å². The Kier molecular flexibility index (Phi) is 2.54. The van der Waals surface area contributed by atoms with Crippen LogP contribution in [-0.2, 0) is 5.41 Å². The molecule has 0 saturated heterocycles. The molecule has 2 aromatic rings. The van der Waals surface area contributed by atoms with Crippen LogP contribution in [0.25, 0.3) is 11.4 Å². The first-order chi connectivity index (χ1) is 7.47. The van der Waals surface area contributed by atoms with Gasteiger partial charge in [-0.25, -0.2) is 4.98 Å². The second-order valence-electron chi connectivity index (χ2n) is 5.07. The van der Waals surface area contributed by atoms with Crippen LogP contribution in [0.2, 0.25) is 0 Å². The first-order valence-electron chi connectivity index (χ1n) is 5.47. The highest BCUT2D eigenvalue weighted by Crippen LogP contribution is 2.24. The molecule has 0 saturated carbocycles. The molecule has 0 unspecified atom stereocenters. The van der Waals surface area contributed by atoms with Crippen LogP contribution >= 0.6 is 0 Å². The molecule has 3 nitrogen and oxygen atoms in total. The van der Waals surface area contributed by atoms with Gasteiger partial charge in [-0.1, -0.05) is 45.0 Å². The van der Waals surface area contributed by atoms with Crippen LogP contribution in [-0.4, -0.2) is 15.2 Å². The molecule has 3 heteroatoms. The molecule has 0 aliphatic heterocycles. The molecule has 0 fully saturated rings. The fraction of sp³-hybridized carbons (Fsp3) is 0.385. The lowest BCUT2D eigenvalue weighted by atomic mass is 9.87. The van der Waals surface area contributed by atoms with Crippen molar-refractivity contribution in [1.29, 1.82) is 0 Å². The van der Waals surface area contributed by atoms with Crippen molar-refractivity contribution in [3.05, 3.63) is 35.7 Å². The SMILES string of the molecule is Cc1nc(-c2ccc(C(C)(C)C)cc2)n[nH]1. The highest BCUT2D eigenvalue weighted by Gasteiger charge is 2.13. The second kappa shape index (κ2) is 3.74. The van der Waals surface area contributed by atoms with E-state index in [1.807, 2.05) is 6.92 Å². The van der Waals surface area contributed by atoms with Crippen molar-refractivity contribution in [2.45, 2.75) is 33.1 Å². The molecule has 0 amide bonds. The average Bonchev–Trinajstić information content (AvgIpc) is 2.64. The lowest BCUT2D eigenvalue weighted by Gasteiger charge is -2.18. The maximum atomic E-state index is 4.31. The smallest absolute Gasteiger partial charge is 0.181 e. The van der Waals surface area contributed by atoms with E-state index in [4.69, 9.17) is 0 Å². The molecular formula is C13H17N3. The third kappa shape index (κ3) is 2.13. The van der Waals surface area contributed by atoms with E-state index in [9.17, 15) is 0 Å². The van der Waals surface area contributed by atoms with Crippen LogP contribution in [0.3, 0.4) is 0 Å². The van der Waals surface area contributed by atoms with Crippen LogP contribution in [0.4, 0.5) is 0 Å². The third-order valence-electron chi connectivity index (χ3n) is 2.61. The topological polar surface area (TPSA) is 41.6 Å². The lowest BCUT2D eigenvalue weighted by Crippen LogP contribution is -2.10. The minimum atomic E-state index is 0.188. The Morgan fingerprint density at radius 1 is 1.06 bits per heavy atom. The van der Waals surface area contributed by atoms with E-state index in [0.717, 1.165) is 17.2 Å². The third-order valence-corrected chi connectivity index (χ3v) is 2.61. The van der Waals surface area contributed by atoms with Crippen LogP contribution in [0.5, 0.6) is 0 Å². The fourth-order valence-corrected chi connectivity index (χ4v) is 1.59. The van der Waals surface area contributed by atoms with Crippen molar-refractivity contribution in [3.8, 4) is 11.4 Å². The van der Waals surface area contributed by atoms with Crippen LogP contribution in [0, 0.1) is 6.92 Å². The molecule has 2 rings (SSSR count). The van der Waals surface area contributed by atoms with Crippen LogP contribution in [0.1, 0.15) is 32.2 Å². The first-order valence-corrected chi connectivity index (χ1v) is 5.47. The zero-order valence-electron chi connectivity index (χ0n) is 10.2. The van der Waals surface area contributed by atoms with Gasteiger partial charge in [0.15, 0.2) is 5.82 Å². The van der Waals surface area contributed by atoms with Gasteiger partial charge >= 0.3 is 0 Å². The van der Waals surface area contributed by atoms with Gasteiger partial charge in [-0.3, -0.25) is 5.10 Å². The summed E-state index contributed by atoms with van der Waals surface area (Å²) in [6, 6.07) is 8.43. The van der Waals surface area contributed by atoms with Crippen molar-refractivity contribution in [2.24, 2.45) is 0 Å². The average molecular weight is 215 g/mol. The largest absolute Gasteiger partial charge is 0.263 e. The quantitative estimate of drug-likeness (QED) is 0.794. The molecule has 1 aromatic carbocycles. The van der Waals surface area contributed by atoms with E-state index in [1.54, 1.807) is 0 Å². The van der Waals surface area contributed by atoms with Gasteiger partial charge in [-0.15, -0.1) is 0 Å². The number of aromatic amines is 1. The molecule has 1 N–H and O–H groups in total. The second-order valence-corrected chi connectivity index (χ2v) is 5.07. The molecule has 0 aliphatic carbocycles. The van der Waals surface area contributed by atoms with Gasteiger partial charge in [0.05, 0.1) is 0 Å². The van der Waals surface area contributed by atoms with Gasteiger partial charge in [0.25, 0.3) is 0 Å². The molecule has 0 bridgehead atoms. The Labute approximate surface area is 95.9 Å². The summed E-state index contributed by atoms with van der Waals surface area (Å²) in [7, 11) is 0. The number of aromatic nitrogens is 3. The summed E-state index contributed by atoms with van der Waals surface area (Å²) in [6.07, 6.45) is 0. The Balaban J connectivity index is 2.33. The molecule has 84 valence electrons. The number of nitrogens with one attached hydrogen (secondary N) is 1. The monoisotopic (exact) mass is 215 g/mol. The van der Waals surface area contributed by atoms with Crippen molar-refractivity contribution >= 4 is 0 Å². The Morgan fingerprint density at radius 3 is 2.12 bits per heavy atom. The summed E-state index contributed by atoms with van der Waals surface area (Å²) >= 11 is 0. The lowest BCUT2D eigenvalue weighted by molar-refractivity contribution is 0.590. The van der Waals surface area contributed by atoms with Gasteiger partial charge < -0.3 is 0 Å². The van der Waals surface area contributed by atoms with E-state index < -0.39 is 0 Å². The molecular weight excluding hydrogens is 198 g/mol. The zero-order valence-corrected chi connectivity index (χ0v) is 10.2. The molecule has 0 spiro atoms. The Morgan fingerprint density at radius 2 is 1.69 bits per heavy atom. The van der Waals surface area contributed by atoms with E-state index in [2.05, 4.69) is 60.2 Å². The van der Waals surface area contributed by atoms with Gasteiger partial charge in [-0.2, -0.15) is 5.10 Å². The summed E-state index contributed by atoms with van der Waals surface area (Å²) in [5.41, 5.74) is 2.56. The summed E-state index contributed by atoms with van der Waals surface area (Å²) in [5.74, 6) is 1.60. The summed E-state index contributed by atoms with van der Waals surface area (Å²) in [4.78, 5) is 4.31. The molecule has 16 heavy (non-hydrogen) atoms. The number of H-pyrrole nitrogens is 1. The van der Waals surface area contributed by atoms with Gasteiger partial charge in [0.1, 0.15) is 5.82 Å². The minimum Gasteiger partial charge on any atom is -0.263 e. The number of hydrogen-bond donors (Lipinski definition) is 1. The maximum absolute atomic E-state index is 4.31. The van der Waals surface area contributed by atoms with Gasteiger partial charge in [0.2, 0.25) is 0 Å². The van der Waals surface area contributed by atoms with E-state index in [0.29, 0.717) is 0 Å². The first kappa shape index (κ1) is 10.9. The predicted molar refractivity (Wildman–Crippen MR) is 65.3 cm³/mol. The summed E-state index contributed by atoms with van der Waals surface area (Å²) < 4.78 is 0. The Bertz CT molecular complexity index is 475. The summed E-state index contributed by atoms with van der Waals surface area (Å²) in [5, 5.41) is 6.99. The van der Waals surface area contributed by atoms with Crippen molar-refractivity contribution < 1.29 is 0 Å². The number of hydrogen-bond acceptors (Lipinski definition) is 2. The maximum Gasteiger partial charge on any atom is 0.181 e. The van der Waals surface area contributed by atoms with Crippen molar-refractivity contribution in [2.75, 3.05) is 0 Å². The van der Waals surface area contributed by atoms with E-state index >= 15 is 0 Å². The predicted octanol–water partition coefficient (Wildman–Crippen LogP) is 3.08. The molecule has 1 heterocycles. The molecule has 0 aliphatic rings. The van der Waals surface area contributed by atoms with Crippen molar-refractivity contribution in [1.82, 2.24) is 15.2 Å². The highest BCUT2D eigenvalue weighted by atomic mass is 15.2. The fourth-order valence-electron chi connectivity index (χ4n) is 1.59. The minimum absolute atomic E-state index is 0.188. The zero-order chi connectivity index (χ0) is 11.8. The summed E-state index contributed by atoms with van der Waals surface area (Å²) in [6.45, 7) is 8.52. The van der Waals surface area contributed by atoms with E-state index in [-0.39, 0.29) is 5.41 Å². The standard InChI is InChI=1S/C13H17N3/c1-9-14-12(16-15-9)10-5-7-11(8-6-10)13(2,3)4/h5-8H,1-4H3,(H,14,15,16). The highest BCUT2D eigenvalue weighted by molar-refractivity contribution is 5.55. The number of aryl methyl sites for hydroxylation is 1.